The van der Waals surface area contributed by atoms with Gasteiger partial charge in [0.1, 0.15) is 5.82 Å². The molecule has 3 rings (SSSR count). The SMILES string of the molecule is CCOC(=O)c1ccc(CN(C(CC)c2ccc(Cl)cc2)S(=O)(=O)c2ccccc2)cc1F. The highest BCUT2D eigenvalue weighted by molar-refractivity contribution is 7.89. The summed E-state index contributed by atoms with van der Waals surface area (Å²) in [6.45, 7) is 3.57. The van der Waals surface area contributed by atoms with Gasteiger partial charge in [0.25, 0.3) is 0 Å². The molecule has 1 unspecified atom stereocenters. The quantitative estimate of drug-likeness (QED) is 0.346. The minimum atomic E-state index is -3.93. The summed E-state index contributed by atoms with van der Waals surface area (Å²) in [5.74, 6) is -1.52. The lowest BCUT2D eigenvalue weighted by Crippen LogP contribution is -2.34. The Kier molecular flexibility index (Phi) is 8.24. The van der Waals surface area contributed by atoms with Gasteiger partial charge in [-0.1, -0.05) is 54.9 Å². The maximum Gasteiger partial charge on any atom is 0.341 e. The molecule has 0 aromatic heterocycles. The Morgan fingerprint density at radius 3 is 2.27 bits per heavy atom. The number of sulfonamides is 1. The van der Waals surface area contributed by atoms with Crippen molar-refractivity contribution in [1.82, 2.24) is 4.31 Å². The average Bonchev–Trinajstić information content (AvgIpc) is 2.80. The number of nitrogens with zero attached hydrogens (tertiary/aromatic N) is 1. The van der Waals surface area contributed by atoms with Crippen LogP contribution in [0.25, 0.3) is 0 Å². The molecule has 0 radical (unpaired) electrons. The molecule has 0 saturated heterocycles. The van der Waals surface area contributed by atoms with Gasteiger partial charge in [-0.05, 0) is 60.9 Å². The van der Waals surface area contributed by atoms with Gasteiger partial charge in [0.2, 0.25) is 10.0 Å². The molecule has 0 saturated carbocycles. The molecule has 0 aliphatic carbocycles. The summed E-state index contributed by atoms with van der Waals surface area (Å²) in [7, 11) is -3.93. The van der Waals surface area contributed by atoms with Crippen LogP contribution in [-0.4, -0.2) is 25.3 Å². The van der Waals surface area contributed by atoms with E-state index in [4.69, 9.17) is 16.3 Å². The fourth-order valence-electron chi connectivity index (χ4n) is 3.59. The lowest BCUT2D eigenvalue weighted by atomic mass is 10.0. The predicted octanol–water partition coefficient (Wildman–Crippen LogP) is 6.00. The molecule has 3 aromatic rings. The third kappa shape index (κ3) is 5.79. The van der Waals surface area contributed by atoms with Crippen molar-refractivity contribution in [3.05, 3.63) is 100 Å². The zero-order valence-corrected chi connectivity index (χ0v) is 19.9. The molecule has 0 spiro atoms. The second-order valence-corrected chi connectivity index (χ2v) is 9.70. The molecule has 0 heterocycles. The van der Waals surface area contributed by atoms with Crippen molar-refractivity contribution in [1.29, 1.82) is 0 Å². The van der Waals surface area contributed by atoms with E-state index in [2.05, 4.69) is 0 Å². The van der Waals surface area contributed by atoms with E-state index in [9.17, 15) is 17.6 Å². The number of ether oxygens (including phenoxy) is 1. The van der Waals surface area contributed by atoms with Crippen LogP contribution >= 0.6 is 11.6 Å². The van der Waals surface area contributed by atoms with E-state index in [1.54, 1.807) is 49.4 Å². The Morgan fingerprint density at radius 2 is 1.70 bits per heavy atom. The Labute approximate surface area is 198 Å². The van der Waals surface area contributed by atoms with Gasteiger partial charge in [-0.25, -0.2) is 17.6 Å². The number of halogens is 2. The largest absolute Gasteiger partial charge is 0.462 e. The van der Waals surface area contributed by atoms with Crippen LogP contribution in [-0.2, 0) is 21.3 Å². The second kappa shape index (κ2) is 10.9. The Morgan fingerprint density at radius 1 is 1.03 bits per heavy atom. The van der Waals surface area contributed by atoms with E-state index in [1.165, 1.54) is 34.6 Å². The van der Waals surface area contributed by atoms with E-state index in [0.717, 1.165) is 5.56 Å². The minimum Gasteiger partial charge on any atom is -0.462 e. The molecule has 0 bridgehead atoms. The molecular formula is C25H25ClFNO4S. The van der Waals surface area contributed by atoms with Crippen LogP contribution in [0.4, 0.5) is 4.39 Å². The van der Waals surface area contributed by atoms with Crippen molar-refractivity contribution in [2.75, 3.05) is 6.61 Å². The highest BCUT2D eigenvalue weighted by atomic mass is 35.5. The van der Waals surface area contributed by atoms with E-state index in [1.807, 2.05) is 6.92 Å². The number of hydrogen-bond donors (Lipinski definition) is 0. The first kappa shape index (κ1) is 24.9. The summed E-state index contributed by atoms with van der Waals surface area (Å²) < 4.78 is 48.2. The number of carbonyl (C=O) groups excluding carboxylic acids is 1. The predicted molar refractivity (Wildman–Crippen MR) is 126 cm³/mol. The van der Waals surface area contributed by atoms with Gasteiger partial charge in [-0.3, -0.25) is 0 Å². The first-order valence-electron chi connectivity index (χ1n) is 10.6. The topological polar surface area (TPSA) is 63.7 Å². The van der Waals surface area contributed by atoms with Crippen molar-refractivity contribution in [2.45, 2.75) is 37.8 Å². The van der Waals surface area contributed by atoms with Gasteiger partial charge in [0.05, 0.1) is 23.1 Å². The highest BCUT2D eigenvalue weighted by Crippen LogP contribution is 2.33. The van der Waals surface area contributed by atoms with E-state index >= 15 is 0 Å². The van der Waals surface area contributed by atoms with Crippen molar-refractivity contribution in [3.8, 4) is 0 Å². The van der Waals surface area contributed by atoms with Crippen molar-refractivity contribution in [2.24, 2.45) is 0 Å². The molecule has 33 heavy (non-hydrogen) atoms. The molecule has 0 aliphatic rings. The third-order valence-electron chi connectivity index (χ3n) is 5.21. The van der Waals surface area contributed by atoms with Crippen LogP contribution in [0.15, 0.2) is 77.7 Å². The van der Waals surface area contributed by atoms with Crippen LogP contribution < -0.4 is 0 Å². The van der Waals surface area contributed by atoms with E-state index in [0.29, 0.717) is 17.0 Å². The standard InChI is InChI=1S/C25H25ClFNO4S/c1-3-24(19-11-13-20(26)14-12-19)28(33(30,31)21-8-6-5-7-9-21)17-18-10-15-22(23(27)16-18)25(29)32-4-2/h5-16,24H,3-4,17H2,1-2H3. The van der Waals surface area contributed by atoms with E-state index < -0.39 is 27.9 Å². The molecule has 5 nitrogen and oxygen atoms in total. The van der Waals surface area contributed by atoms with Crippen molar-refractivity contribution in [3.63, 3.8) is 0 Å². The maximum absolute atomic E-state index is 14.7. The number of rotatable bonds is 9. The second-order valence-electron chi connectivity index (χ2n) is 7.37. The van der Waals surface area contributed by atoms with Gasteiger partial charge < -0.3 is 4.74 Å². The van der Waals surface area contributed by atoms with Crippen LogP contribution in [0.1, 0.15) is 47.8 Å². The van der Waals surface area contributed by atoms with Crippen LogP contribution in [0.2, 0.25) is 5.02 Å². The number of benzene rings is 3. The number of hydrogen-bond acceptors (Lipinski definition) is 4. The number of esters is 1. The Hall–Kier alpha value is -2.74. The maximum atomic E-state index is 14.7. The first-order chi connectivity index (χ1) is 15.8. The fourth-order valence-corrected chi connectivity index (χ4v) is 5.42. The summed E-state index contributed by atoms with van der Waals surface area (Å²) in [5.41, 5.74) is 0.986. The molecular weight excluding hydrogens is 465 g/mol. The lowest BCUT2D eigenvalue weighted by molar-refractivity contribution is 0.0521. The van der Waals surface area contributed by atoms with Crippen molar-refractivity contribution >= 4 is 27.6 Å². The molecule has 3 aromatic carbocycles. The fraction of sp³-hybridized carbons (Fsp3) is 0.240. The molecule has 0 fully saturated rings. The summed E-state index contributed by atoms with van der Waals surface area (Å²) >= 11 is 6.02. The Bertz CT molecular complexity index is 1200. The van der Waals surface area contributed by atoms with Gasteiger partial charge in [0, 0.05) is 11.6 Å². The summed E-state index contributed by atoms with van der Waals surface area (Å²) in [6, 6.07) is 18.6. The average molecular weight is 490 g/mol. The zero-order chi connectivity index (χ0) is 24.0. The van der Waals surface area contributed by atoms with Gasteiger partial charge >= 0.3 is 5.97 Å². The number of carbonyl (C=O) groups is 1. The summed E-state index contributed by atoms with van der Waals surface area (Å²) in [5, 5.41) is 0.544. The smallest absolute Gasteiger partial charge is 0.341 e. The highest BCUT2D eigenvalue weighted by Gasteiger charge is 2.32. The molecule has 8 heteroatoms. The third-order valence-corrected chi connectivity index (χ3v) is 7.33. The molecule has 0 amide bonds. The molecule has 0 aliphatic heterocycles. The Balaban J connectivity index is 2.05. The zero-order valence-electron chi connectivity index (χ0n) is 18.4. The monoisotopic (exact) mass is 489 g/mol. The summed E-state index contributed by atoms with van der Waals surface area (Å²) in [4.78, 5) is 12.1. The first-order valence-corrected chi connectivity index (χ1v) is 12.4. The molecule has 174 valence electrons. The van der Waals surface area contributed by atoms with Crippen molar-refractivity contribution < 1.29 is 22.3 Å². The lowest BCUT2D eigenvalue weighted by Gasteiger charge is -2.31. The van der Waals surface area contributed by atoms with Crippen LogP contribution in [0, 0.1) is 5.82 Å². The van der Waals surface area contributed by atoms with Crippen LogP contribution in [0.5, 0.6) is 0 Å². The van der Waals surface area contributed by atoms with Gasteiger partial charge in [-0.2, -0.15) is 4.31 Å². The van der Waals surface area contributed by atoms with Gasteiger partial charge in [-0.15, -0.1) is 0 Å². The van der Waals surface area contributed by atoms with E-state index in [-0.39, 0.29) is 23.6 Å². The molecule has 0 N–H and O–H groups in total. The normalized spacial score (nSPS) is 12.5. The van der Waals surface area contributed by atoms with Crippen LogP contribution in [0.3, 0.4) is 0 Å². The van der Waals surface area contributed by atoms with Gasteiger partial charge in [0.15, 0.2) is 0 Å². The minimum absolute atomic E-state index is 0.0849. The molecule has 1 atom stereocenters. The summed E-state index contributed by atoms with van der Waals surface area (Å²) in [6.07, 6.45) is 0.483.